The Morgan fingerprint density at radius 3 is 2.61 bits per heavy atom. The molecule has 33 heavy (non-hydrogen) atoms. The summed E-state index contributed by atoms with van der Waals surface area (Å²) in [5.41, 5.74) is -0.231. The lowest BCUT2D eigenvalue weighted by atomic mass is 9.95. The van der Waals surface area contributed by atoms with E-state index in [4.69, 9.17) is 14.3 Å². The number of nitrogens with two attached hydrogens (primary N) is 1. The van der Waals surface area contributed by atoms with E-state index >= 15 is 0 Å². The number of sulfonamides is 1. The van der Waals surface area contributed by atoms with Crippen LogP contribution in [-0.4, -0.2) is 44.8 Å². The summed E-state index contributed by atoms with van der Waals surface area (Å²) in [7, 11) is -2.46. The maximum Gasteiger partial charge on any atom is 0.322 e. The lowest BCUT2D eigenvalue weighted by molar-refractivity contribution is -0.125. The quantitative estimate of drug-likeness (QED) is 0.464. The minimum atomic E-state index is -3.95. The normalized spacial score (nSPS) is 20.2. The molecule has 1 fully saturated rings. The van der Waals surface area contributed by atoms with Crippen LogP contribution in [0.3, 0.4) is 0 Å². The molecule has 1 saturated heterocycles. The fourth-order valence-electron chi connectivity index (χ4n) is 4.14. The van der Waals surface area contributed by atoms with Crippen molar-refractivity contribution in [2.75, 3.05) is 13.7 Å². The second-order valence-corrected chi connectivity index (χ2v) is 9.41. The zero-order valence-corrected chi connectivity index (χ0v) is 18.1. The molecule has 11 nitrogen and oxygen atoms in total. The number of urea groups is 1. The van der Waals surface area contributed by atoms with Gasteiger partial charge in [-0.25, -0.2) is 18.4 Å². The van der Waals surface area contributed by atoms with Gasteiger partial charge in [-0.15, -0.1) is 0 Å². The third-order valence-corrected chi connectivity index (χ3v) is 6.71. The molecule has 3 aromatic rings. The van der Waals surface area contributed by atoms with Crippen LogP contribution in [0.25, 0.3) is 11.0 Å². The summed E-state index contributed by atoms with van der Waals surface area (Å²) >= 11 is 0. The zero-order chi connectivity index (χ0) is 23.5. The van der Waals surface area contributed by atoms with Gasteiger partial charge >= 0.3 is 6.03 Å². The van der Waals surface area contributed by atoms with Crippen LogP contribution in [0.4, 0.5) is 4.79 Å². The predicted molar refractivity (Wildman–Crippen MR) is 114 cm³/mol. The van der Waals surface area contributed by atoms with Crippen molar-refractivity contribution in [2.24, 2.45) is 5.14 Å². The van der Waals surface area contributed by atoms with E-state index < -0.39 is 27.5 Å². The largest absolute Gasteiger partial charge is 0.497 e. The third kappa shape index (κ3) is 3.31. The van der Waals surface area contributed by atoms with E-state index in [2.05, 4.69) is 10.6 Å². The maximum atomic E-state index is 13.1. The van der Waals surface area contributed by atoms with Crippen LogP contribution in [0, 0.1) is 0 Å². The van der Waals surface area contributed by atoms with Crippen LogP contribution in [-0.2, 0) is 26.9 Å². The number of fused-ring (bicyclic) bond motifs is 2. The van der Waals surface area contributed by atoms with Crippen molar-refractivity contribution >= 4 is 38.8 Å². The van der Waals surface area contributed by atoms with Gasteiger partial charge in [0.05, 0.1) is 18.6 Å². The molecule has 0 spiro atoms. The molecular weight excluding hydrogens is 452 g/mol. The number of benzene rings is 2. The molecule has 0 saturated carbocycles. The van der Waals surface area contributed by atoms with Crippen molar-refractivity contribution in [3.8, 4) is 5.75 Å². The van der Waals surface area contributed by atoms with Gasteiger partial charge in [-0.1, -0.05) is 6.07 Å². The Balaban J connectivity index is 1.56. The highest BCUT2D eigenvalue weighted by molar-refractivity contribution is 7.89. The number of hydrogen-bond acceptors (Lipinski definition) is 7. The number of furan rings is 1. The smallest absolute Gasteiger partial charge is 0.322 e. The Morgan fingerprint density at radius 1 is 1.15 bits per heavy atom. The molecule has 4 amide bonds. The second-order valence-electron chi connectivity index (χ2n) is 7.85. The molecule has 170 valence electrons. The number of ether oxygens (including phenoxy) is 1. The van der Waals surface area contributed by atoms with E-state index in [0.29, 0.717) is 16.7 Å². The summed E-state index contributed by atoms with van der Waals surface area (Å²) < 4.78 is 34.4. The monoisotopic (exact) mass is 470 g/mol. The molecule has 2 aliphatic heterocycles. The van der Waals surface area contributed by atoms with Crippen molar-refractivity contribution in [3.63, 3.8) is 0 Å². The van der Waals surface area contributed by atoms with E-state index in [0.717, 1.165) is 5.56 Å². The van der Waals surface area contributed by atoms with Crippen LogP contribution in [0.2, 0.25) is 0 Å². The summed E-state index contributed by atoms with van der Waals surface area (Å²) in [6.07, 6.45) is 0. The number of imide groups is 1. The fraction of sp³-hybridized carbons (Fsp3) is 0.190. The van der Waals surface area contributed by atoms with E-state index in [1.807, 2.05) is 0 Å². The number of primary sulfonamides is 1. The molecule has 0 aliphatic carbocycles. The molecule has 0 radical (unpaired) electrons. The van der Waals surface area contributed by atoms with Crippen LogP contribution in [0.15, 0.2) is 51.8 Å². The van der Waals surface area contributed by atoms with E-state index in [-0.39, 0.29) is 35.2 Å². The maximum absolute atomic E-state index is 13.1. The van der Waals surface area contributed by atoms with E-state index in [9.17, 15) is 22.8 Å². The molecule has 1 atom stereocenters. The molecule has 3 heterocycles. The number of methoxy groups -OCH3 is 1. The first-order valence-electron chi connectivity index (χ1n) is 9.77. The Bertz CT molecular complexity index is 1460. The molecule has 12 heteroatoms. The highest BCUT2D eigenvalue weighted by Gasteiger charge is 2.53. The van der Waals surface area contributed by atoms with Gasteiger partial charge in [-0.3, -0.25) is 14.9 Å². The molecular formula is C21H18N4O7S. The number of carbonyl (C=O) groups excluding carboxylic acids is 3. The Labute approximate surface area is 187 Å². The van der Waals surface area contributed by atoms with Gasteiger partial charge < -0.3 is 19.4 Å². The molecule has 4 N–H and O–H groups in total. The van der Waals surface area contributed by atoms with E-state index in [1.165, 1.54) is 36.3 Å². The summed E-state index contributed by atoms with van der Waals surface area (Å²) in [5, 5.41) is 10.3. The van der Waals surface area contributed by atoms with Gasteiger partial charge in [0.25, 0.3) is 11.8 Å². The third-order valence-electron chi connectivity index (χ3n) is 5.80. The fourth-order valence-corrected chi connectivity index (χ4v) is 4.69. The zero-order valence-electron chi connectivity index (χ0n) is 17.2. The first-order valence-corrected chi connectivity index (χ1v) is 11.3. The Morgan fingerprint density at radius 2 is 1.94 bits per heavy atom. The SMILES string of the molecule is COc1ccc2c(c1)C(=O)N(CC1(c3cc4cc(S(N)(=O)=O)ccc4o3)NC(=O)NC1=O)C2. The standard InChI is InChI=1S/C21H18N4O7S/c1-31-13-3-2-11-9-25(18(26)15(11)8-13)10-21(19(27)23-20(28)24-21)17-7-12-6-14(33(22,29)30)4-5-16(12)32-17/h2-8H,9-10H2,1H3,(H2,22,29,30)(H2,23,24,27,28). The lowest BCUT2D eigenvalue weighted by Gasteiger charge is -2.29. The highest BCUT2D eigenvalue weighted by atomic mass is 32.2. The molecule has 0 bridgehead atoms. The van der Waals surface area contributed by atoms with Crippen molar-refractivity contribution in [1.82, 2.24) is 15.5 Å². The summed E-state index contributed by atoms with van der Waals surface area (Å²) in [6.45, 7) is 0.0150. The van der Waals surface area contributed by atoms with Crippen LogP contribution >= 0.6 is 0 Å². The summed E-state index contributed by atoms with van der Waals surface area (Å²) in [5.74, 6) is -0.452. The van der Waals surface area contributed by atoms with Gasteiger partial charge in [0.1, 0.15) is 17.1 Å². The number of amides is 4. The van der Waals surface area contributed by atoms with Crippen molar-refractivity contribution in [2.45, 2.75) is 17.0 Å². The van der Waals surface area contributed by atoms with Crippen molar-refractivity contribution < 1.29 is 32.0 Å². The number of hydrogen-bond donors (Lipinski definition) is 3. The lowest BCUT2D eigenvalue weighted by Crippen LogP contribution is -2.52. The highest BCUT2D eigenvalue weighted by Crippen LogP contribution is 2.35. The number of nitrogens with one attached hydrogen (secondary N) is 2. The van der Waals surface area contributed by atoms with Crippen LogP contribution in [0.1, 0.15) is 21.7 Å². The number of rotatable bonds is 5. The van der Waals surface area contributed by atoms with Crippen LogP contribution in [0.5, 0.6) is 5.75 Å². The minimum Gasteiger partial charge on any atom is -0.497 e. The summed E-state index contributed by atoms with van der Waals surface area (Å²) in [6, 6.07) is 9.82. The van der Waals surface area contributed by atoms with Crippen LogP contribution < -0.4 is 20.5 Å². The topological polar surface area (TPSA) is 161 Å². The Hall–Kier alpha value is -3.90. The van der Waals surface area contributed by atoms with Gasteiger partial charge in [-0.2, -0.15) is 0 Å². The van der Waals surface area contributed by atoms with Gasteiger partial charge in [0.2, 0.25) is 10.0 Å². The molecule has 2 aromatic carbocycles. The minimum absolute atomic E-state index is 0.0498. The predicted octanol–water partition coefficient (Wildman–Crippen LogP) is 0.780. The molecule has 5 rings (SSSR count). The summed E-state index contributed by atoms with van der Waals surface area (Å²) in [4.78, 5) is 39.4. The first-order chi connectivity index (χ1) is 15.6. The van der Waals surface area contributed by atoms with Crippen molar-refractivity contribution in [3.05, 3.63) is 59.4 Å². The average molecular weight is 470 g/mol. The van der Waals surface area contributed by atoms with E-state index in [1.54, 1.807) is 18.2 Å². The molecule has 1 aromatic heterocycles. The molecule has 1 unspecified atom stereocenters. The number of nitrogens with zero attached hydrogens (tertiary/aromatic N) is 1. The van der Waals surface area contributed by atoms with Gasteiger partial charge in [-0.05, 0) is 42.0 Å². The second kappa shape index (κ2) is 7.05. The Kier molecular flexibility index (Phi) is 4.48. The first kappa shape index (κ1) is 21.0. The average Bonchev–Trinajstić information content (AvgIpc) is 3.41. The van der Waals surface area contributed by atoms with Gasteiger partial charge in [0.15, 0.2) is 5.54 Å². The molecule has 2 aliphatic rings. The number of carbonyl (C=O) groups is 3. The van der Waals surface area contributed by atoms with Crippen molar-refractivity contribution in [1.29, 1.82) is 0 Å². The van der Waals surface area contributed by atoms with Gasteiger partial charge in [0, 0.05) is 17.5 Å².